The number of hydrogen-bond acceptors (Lipinski definition) is 17. The molecule has 318 valence electrons. The molecule has 2 atom stereocenters. The van der Waals surface area contributed by atoms with E-state index in [1.165, 1.54) is 0 Å². The molecule has 0 saturated carbocycles. The summed E-state index contributed by atoms with van der Waals surface area (Å²) in [4.78, 5) is 69.0. The van der Waals surface area contributed by atoms with Crippen LogP contribution in [0.1, 0.15) is 79.1 Å². The number of rotatable bonds is 32. The van der Waals surface area contributed by atoms with Gasteiger partial charge < -0.3 is 59.2 Å². The summed E-state index contributed by atoms with van der Waals surface area (Å²) < 4.78 is 14.3. The van der Waals surface area contributed by atoms with E-state index >= 15 is 0 Å². The fourth-order valence-electron chi connectivity index (χ4n) is 3.99. The van der Waals surface area contributed by atoms with Crippen LogP contribution >= 0.6 is 25.3 Å². The Hall–Kier alpha value is -1.07. The molecule has 0 amide bonds. The summed E-state index contributed by atoms with van der Waals surface area (Å²) in [5, 5.41) is 21.7. The normalized spacial score (nSPS) is 11.2. The molecule has 1 unspecified atom stereocenters. The van der Waals surface area contributed by atoms with Gasteiger partial charge in [0.15, 0.2) is 6.79 Å². The van der Waals surface area contributed by atoms with Gasteiger partial charge in [0.25, 0.3) is 0 Å². The second kappa shape index (κ2) is 51.9. The van der Waals surface area contributed by atoms with Gasteiger partial charge in [0.1, 0.15) is 25.8 Å². The molecule has 0 saturated heterocycles. The molecule has 0 aromatic heterocycles. The van der Waals surface area contributed by atoms with E-state index in [9.17, 15) is 28.8 Å². The van der Waals surface area contributed by atoms with Crippen molar-refractivity contribution in [2.75, 3.05) is 104 Å². The van der Waals surface area contributed by atoms with Crippen LogP contribution in [0.25, 0.3) is 0 Å². The molecule has 18 heteroatoms. The monoisotopic (exact) mass is 1040 g/mol. The quantitative estimate of drug-likeness (QED) is 0.0108. The van der Waals surface area contributed by atoms with E-state index in [-0.39, 0.29) is 74.5 Å². The van der Waals surface area contributed by atoms with Gasteiger partial charge in [-0.05, 0) is 71.5 Å². The molecular weight excluding hydrogens is 967 g/mol. The molecule has 0 heterocycles. The van der Waals surface area contributed by atoms with Gasteiger partial charge in [-0.15, -0.1) is 6.42 Å². The first-order valence-corrected chi connectivity index (χ1v) is 19.7. The van der Waals surface area contributed by atoms with E-state index in [0.717, 1.165) is 97.7 Å². The van der Waals surface area contributed by atoms with Crippen molar-refractivity contribution in [2.45, 2.75) is 79.1 Å². The number of aliphatic hydroxyl groups is 2. The van der Waals surface area contributed by atoms with Crippen molar-refractivity contribution in [3.05, 3.63) is 0 Å². The molecular formula is C36H71N4O11S2U-. The molecule has 0 spiro atoms. The van der Waals surface area contributed by atoms with Crippen molar-refractivity contribution < 1.29 is 84.3 Å². The Balaban J connectivity index is -0.000000242. The van der Waals surface area contributed by atoms with E-state index in [0.29, 0.717) is 43.9 Å². The Morgan fingerprint density at radius 1 is 0.722 bits per heavy atom. The fraction of sp³-hybridized carbons (Fsp3) is 0.833. The minimum Gasteiger partial charge on any atom is -0.542 e. The van der Waals surface area contributed by atoms with Crippen LogP contribution in [0.3, 0.4) is 0 Å². The Morgan fingerprint density at radius 2 is 1.24 bits per heavy atom. The molecule has 0 bridgehead atoms. The summed E-state index contributed by atoms with van der Waals surface area (Å²) in [5.74, 6) is -0.743. The molecule has 0 aromatic rings. The van der Waals surface area contributed by atoms with Crippen LogP contribution < -0.4 is 10.6 Å². The van der Waals surface area contributed by atoms with Gasteiger partial charge in [-0.25, -0.2) is 0 Å². The van der Waals surface area contributed by atoms with E-state index in [1.807, 2.05) is 6.29 Å². The van der Waals surface area contributed by atoms with Crippen molar-refractivity contribution >= 4 is 62.0 Å². The van der Waals surface area contributed by atoms with Crippen LogP contribution in [0.4, 0.5) is 0 Å². The molecule has 0 radical (unpaired) electrons. The predicted octanol–water partition coefficient (Wildman–Crippen LogP) is 1.73. The molecule has 0 fully saturated rings. The van der Waals surface area contributed by atoms with Crippen molar-refractivity contribution in [1.82, 2.24) is 20.4 Å². The Bertz CT molecular complexity index is 871. The van der Waals surface area contributed by atoms with Crippen molar-refractivity contribution in [2.24, 2.45) is 11.8 Å². The number of hydrogen-bond donors (Lipinski definition) is 6. The number of carbonyl (C=O) groups is 5. The predicted molar refractivity (Wildman–Crippen MR) is 214 cm³/mol. The smallest absolute Gasteiger partial charge is 0.311 e. The summed E-state index contributed by atoms with van der Waals surface area (Å²) in [6.45, 7) is 15.7. The summed E-state index contributed by atoms with van der Waals surface area (Å²) in [5.41, 5.74) is 0. The van der Waals surface area contributed by atoms with E-state index in [2.05, 4.69) is 64.3 Å². The zero-order chi connectivity index (χ0) is 41.0. The maximum atomic E-state index is 11.8. The van der Waals surface area contributed by atoms with Gasteiger partial charge in [-0.1, -0.05) is 27.7 Å². The first kappa shape index (κ1) is 62.1. The molecule has 0 aliphatic carbocycles. The fourth-order valence-corrected chi connectivity index (χ4v) is 4.28. The maximum Gasteiger partial charge on any atom is 0.311 e. The van der Waals surface area contributed by atoms with Gasteiger partial charge in [-0.3, -0.25) is 20.7 Å². The standard InChI is InChI=1S/C18H33N2O5S.C12H24N2O2.C5H10O3S.CH4O.U/c1-3-7-19-8-4-9-20(10-5-12-21)11-6-17(22)24-13-14-25-18(23)16(2)15-26;1-2-8-14(10-5-12-16)9-3-6-13-7-4-11-15;1-4(2-9)5(7)8-3-6;1-2;/h16,19,26H,3-11,13-15H2,1-2H3;11-13H,2-10H2,1H3;4,6,9H,2-3H2,1H3;2H,1H3;/q-1;;;;/t;;4-;;/m..0../s1. The van der Waals surface area contributed by atoms with E-state index < -0.39 is 12.8 Å². The molecule has 15 nitrogen and oxygen atoms in total. The van der Waals surface area contributed by atoms with Crippen LogP contribution in [-0.2, 0) is 43.0 Å². The van der Waals surface area contributed by atoms with Crippen LogP contribution in [0, 0.1) is 42.9 Å². The van der Waals surface area contributed by atoms with Crippen molar-refractivity contribution in [3.63, 3.8) is 0 Å². The molecule has 0 rings (SSSR count). The minimum absolute atomic E-state index is 0. The average Bonchev–Trinajstić information content (AvgIpc) is 3.17. The SMILES string of the molecule is CCCN(CCC=O)CCCNCCC=O.CCCNCCCN(CC[C-]=O)CCC(=O)OCCOC(=O)C(C)CS.CO.C[C@@H](CS)C(=O)OCO.[U]. The van der Waals surface area contributed by atoms with Crippen LogP contribution in [0.2, 0.25) is 0 Å². The van der Waals surface area contributed by atoms with Gasteiger partial charge >= 0.3 is 17.9 Å². The number of thiol groups is 2. The molecule has 4 N–H and O–H groups in total. The zero-order valence-corrected chi connectivity index (χ0v) is 39.4. The number of aliphatic hydroxyl groups excluding tert-OH is 2. The van der Waals surface area contributed by atoms with Crippen LogP contribution in [0.5, 0.6) is 0 Å². The van der Waals surface area contributed by atoms with Crippen LogP contribution in [0.15, 0.2) is 0 Å². The molecule has 0 aliphatic rings. The summed E-state index contributed by atoms with van der Waals surface area (Å²) >= 11 is 7.89. The number of ether oxygens (including phenoxy) is 3. The topological polar surface area (TPSA) is 201 Å². The second-order valence-electron chi connectivity index (χ2n) is 11.6. The summed E-state index contributed by atoms with van der Waals surface area (Å²) in [6.07, 6.45) is 9.81. The molecule has 54 heavy (non-hydrogen) atoms. The third-order valence-corrected chi connectivity index (χ3v) is 8.03. The third-order valence-electron chi connectivity index (χ3n) is 6.94. The number of nitrogens with one attached hydrogen (secondary N) is 2. The number of esters is 3. The largest absolute Gasteiger partial charge is 0.542 e. The second-order valence-corrected chi connectivity index (χ2v) is 12.3. The Labute approximate surface area is 359 Å². The van der Waals surface area contributed by atoms with Gasteiger partial charge in [0, 0.05) is 82.2 Å². The minimum atomic E-state index is -0.545. The van der Waals surface area contributed by atoms with E-state index in [4.69, 9.17) is 19.7 Å². The summed E-state index contributed by atoms with van der Waals surface area (Å²) in [7, 11) is 1.00. The number of nitrogens with zero attached hydrogens (tertiary/aromatic N) is 2. The van der Waals surface area contributed by atoms with Crippen molar-refractivity contribution in [1.29, 1.82) is 0 Å². The third kappa shape index (κ3) is 47.1. The molecule has 0 aromatic carbocycles. The van der Waals surface area contributed by atoms with Gasteiger partial charge in [0.05, 0.1) is 18.3 Å². The number of carbonyl (C=O) groups excluding carboxylic acids is 6. The van der Waals surface area contributed by atoms with Gasteiger partial charge in [-0.2, -0.15) is 25.3 Å². The Kier molecular flexibility index (Phi) is 59.8. The summed E-state index contributed by atoms with van der Waals surface area (Å²) in [6, 6.07) is 0. The average molecular weight is 1040 g/mol. The van der Waals surface area contributed by atoms with E-state index in [1.54, 1.807) is 13.8 Å². The van der Waals surface area contributed by atoms with Crippen LogP contribution in [-0.4, -0.2) is 161 Å². The Morgan fingerprint density at radius 3 is 1.72 bits per heavy atom. The zero-order valence-electron chi connectivity index (χ0n) is 33.4. The maximum absolute atomic E-state index is 11.8. The first-order valence-electron chi connectivity index (χ1n) is 18.5. The van der Waals surface area contributed by atoms with Gasteiger partial charge in [0.2, 0.25) is 0 Å². The first-order chi connectivity index (χ1) is 25.6. The number of aldehydes is 2. The molecule has 0 aliphatic heterocycles. The van der Waals surface area contributed by atoms with Crippen molar-refractivity contribution in [3.8, 4) is 0 Å².